The highest BCUT2D eigenvalue weighted by molar-refractivity contribution is 5.95. The number of nitrogens with one attached hydrogen (secondary N) is 1. The van der Waals surface area contributed by atoms with Gasteiger partial charge >= 0.3 is 5.97 Å². The Hall–Kier alpha value is -3.06. The summed E-state index contributed by atoms with van der Waals surface area (Å²) in [6.07, 6.45) is 1.82. The van der Waals surface area contributed by atoms with Crippen LogP contribution in [0.25, 0.3) is 0 Å². The number of ether oxygens (including phenoxy) is 3. The van der Waals surface area contributed by atoms with E-state index in [1.165, 1.54) is 25.3 Å². The maximum Gasteiger partial charge on any atom is 0.343 e. The summed E-state index contributed by atoms with van der Waals surface area (Å²) in [6, 6.07) is 13.6. The van der Waals surface area contributed by atoms with Gasteiger partial charge in [-0.25, -0.2) is 4.79 Å². The first-order valence-electron chi connectivity index (χ1n) is 10.4. The average molecular weight is 427 g/mol. The number of carbonyl (C=O) groups excluding carboxylic acids is 2. The lowest BCUT2D eigenvalue weighted by Gasteiger charge is -2.32. The Morgan fingerprint density at radius 2 is 1.84 bits per heavy atom. The number of likely N-dealkylation sites (tertiary alicyclic amines) is 1. The number of aryl methyl sites for hydroxylation is 1. The third-order valence-corrected chi connectivity index (χ3v) is 5.41. The Balaban J connectivity index is 1.51. The lowest BCUT2D eigenvalue weighted by Crippen LogP contribution is -2.44. The zero-order chi connectivity index (χ0) is 22.2. The van der Waals surface area contributed by atoms with Gasteiger partial charge in [0.05, 0.1) is 14.2 Å². The quantitative estimate of drug-likeness (QED) is 0.654. The van der Waals surface area contributed by atoms with Crippen molar-refractivity contribution in [1.29, 1.82) is 0 Å². The second-order valence-corrected chi connectivity index (χ2v) is 7.74. The predicted molar refractivity (Wildman–Crippen MR) is 117 cm³/mol. The fourth-order valence-corrected chi connectivity index (χ4v) is 3.70. The molecule has 0 saturated carbocycles. The van der Waals surface area contributed by atoms with E-state index in [0.29, 0.717) is 17.1 Å². The van der Waals surface area contributed by atoms with Crippen LogP contribution in [-0.4, -0.2) is 56.7 Å². The molecule has 1 heterocycles. The summed E-state index contributed by atoms with van der Waals surface area (Å²) >= 11 is 0. The SMILES string of the molecule is COC(=O)COc1ccc(C(=O)NC2CCN(Cc3cccc(C)c3)CC2)cc1OC. The first-order valence-corrected chi connectivity index (χ1v) is 10.4. The molecule has 0 unspecified atom stereocenters. The van der Waals surface area contributed by atoms with E-state index in [4.69, 9.17) is 9.47 Å². The molecule has 31 heavy (non-hydrogen) atoms. The number of nitrogens with zero attached hydrogens (tertiary/aromatic N) is 1. The van der Waals surface area contributed by atoms with Gasteiger partial charge < -0.3 is 19.5 Å². The number of benzene rings is 2. The third kappa shape index (κ3) is 6.46. The molecular formula is C24H30N2O5. The molecule has 1 aliphatic rings. The molecule has 1 amide bonds. The normalized spacial score (nSPS) is 14.7. The van der Waals surface area contributed by atoms with Gasteiger partial charge in [0.2, 0.25) is 0 Å². The Bertz CT molecular complexity index is 907. The van der Waals surface area contributed by atoms with Crippen LogP contribution in [0.3, 0.4) is 0 Å². The van der Waals surface area contributed by atoms with E-state index in [2.05, 4.69) is 46.1 Å². The van der Waals surface area contributed by atoms with Gasteiger partial charge in [-0.3, -0.25) is 9.69 Å². The molecular weight excluding hydrogens is 396 g/mol. The molecule has 1 aliphatic heterocycles. The molecule has 0 aliphatic carbocycles. The maximum absolute atomic E-state index is 12.7. The van der Waals surface area contributed by atoms with Crippen LogP contribution >= 0.6 is 0 Å². The lowest BCUT2D eigenvalue weighted by molar-refractivity contribution is -0.142. The Morgan fingerprint density at radius 1 is 1.06 bits per heavy atom. The van der Waals surface area contributed by atoms with Crippen LogP contribution < -0.4 is 14.8 Å². The van der Waals surface area contributed by atoms with Gasteiger partial charge in [0.1, 0.15) is 0 Å². The summed E-state index contributed by atoms with van der Waals surface area (Å²) in [5.41, 5.74) is 3.09. The number of esters is 1. The summed E-state index contributed by atoms with van der Waals surface area (Å²) in [4.78, 5) is 26.4. The lowest BCUT2D eigenvalue weighted by atomic mass is 10.0. The molecule has 0 aromatic heterocycles. The van der Waals surface area contributed by atoms with Crippen LogP contribution in [0.4, 0.5) is 0 Å². The molecule has 0 radical (unpaired) electrons. The van der Waals surface area contributed by atoms with Crippen molar-refractivity contribution < 1.29 is 23.8 Å². The highest BCUT2D eigenvalue weighted by Crippen LogP contribution is 2.28. The van der Waals surface area contributed by atoms with Gasteiger partial charge in [-0.15, -0.1) is 0 Å². The van der Waals surface area contributed by atoms with Crippen molar-refractivity contribution in [2.75, 3.05) is 33.9 Å². The number of piperidine rings is 1. The highest BCUT2D eigenvalue weighted by atomic mass is 16.6. The minimum Gasteiger partial charge on any atom is -0.493 e. The summed E-state index contributed by atoms with van der Waals surface area (Å²) < 4.78 is 15.3. The monoisotopic (exact) mass is 426 g/mol. The molecule has 1 saturated heterocycles. The van der Waals surface area contributed by atoms with E-state index >= 15 is 0 Å². The summed E-state index contributed by atoms with van der Waals surface area (Å²) in [7, 11) is 2.79. The molecule has 7 nitrogen and oxygen atoms in total. The van der Waals surface area contributed by atoms with Crippen molar-refractivity contribution in [2.45, 2.75) is 32.4 Å². The Kier molecular flexibility index (Phi) is 7.89. The summed E-state index contributed by atoms with van der Waals surface area (Å²) in [5.74, 6) is 0.144. The van der Waals surface area contributed by atoms with E-state index in [0.717, 1.165) is 32.5 Å². The largest absolute Gasteiger partial charge is 0.493 e. The molecule has 7 heteroatoms. The van der Waals surface area contributed by atoms with Gasteiger partial charge in [0.15, 0.2) is 18.1 Å². The van der Waals surface area contributed by atoms with Crippen LogP contribution in [0.1, 0.15) is 34.3 Å². The van der Waals surface area contributed by atoms with Crippen LogP contribution in [0.5, 0.6) is 11.5 Å². The molecule has 0 atom stereocenters. The molecule has 1 fully saturated rings. The van der Waals surface area contributed by atoms with E-state index < -0.39 is 5.97 Å². The first-order chi connectivity index (χ1) is 15.0. The number of hydrogen-bond acceptors (Lipinski definition) is 6. The van der Waals surface area contributed by atoms with E-state index in [9.17, 15) is 9.59 Å². The summed E-state index contributed by atoms with van der Waals surface area (Å²) in [5, 5.41) is 3.12. The zero-order valence-corrected chi connectivity index (χ0v) is 18.3. The minimum absolute atomic E-state index is 0.141. The topological polar surface area (TPSA) is 77.1 Å². The van der Waals surface area contributed by atoms with E-state index in [-0.39, 0.29) is 18.6 Å². The number of carbonyl (C=O) groups is 2. The first kappa shape index (κ1) is 22.6. The van der Waals surface area contributed by atoms with Crippen molar-refractivity contribution in [3.8, 4) is 11.5 Å². The van der Waals surface area contributed by atoms with Crippen LogP contribution in [-0.2, 0) is 16.1 Å². The standard InChI is InChI=1S/C24H30N2O5/c1-17-5-4-6-18(13-17)15-26-11-9-20(10-12-26)25-24(28)19-7-8-21(22(14-19)29-2)31-16-23(27)30-3/h4-8,13-14,20H,9-12,15-16H2,1-3H3,(H,25,28). The van der Waals surface area contributed by atoms with Crippen molar-refractivity contribution >= 4 is 11.9 Å². The molecule has 2 aromatic carbocycles. The van der Waals surface area contributed by atoms with Gasteiger partial charge in [0.25, 0.3) is 5.91 Å². The molecule has 2 aromatic rings. The predicted octanol–water partition coefficient (Wildman–Crippen LogP) is 2.95. The number of methoxy groups -OCH3 is 2. The Labute approximate surface area is 183 Å². The van der Waals surface area contributed by atoms with Crippen molar-refractivity contribution in [1.82, 2.24) is 10.2 Å². The Morgan fingerprint density at radius 3 is 2.52 bits per heavy atom. The number of hydrogen-bond donors (Lipinski definition) is 1. The van der Waals surface area contributed by atoms with Crippen molar-refractivity contribution in [2.24, 2.45) is 0 Å². The molecule has 166 valence electrons. The zero-order valence-electron chi connectivity index (χ0n) is 18.3. The molecule has 0 spiro atoms. The van der Waals surface area contributed by atoms with Gasteiger partial charge in [-0.2, -0.15) is 0 Å². The average Bonchev–Trinajstić information content (AvgIpc) is 2.78. The van der Waals surface area contributed by atoms with Crippen LogP contribution in [0.2, 0.25) is 0 Å². The van der Waals surface area contributed by atoms with Crippen LogP contribution in [0, 0.1) is 6.92 Å². The second kappa shape index (κ2) is 10.8. The molecule has 1 N–H and O–H groups in total. The minimum atomic E-state index is -0.488. The van der Waals surface area contributed by atoms with Crippen molar-refractivity contribution in [3.05, 3.63) is 59.2 Å². The second-order valence-electron chi connectivity index (χ2n) is 7.74. The number of amides is 1. The molecule has 3 rings (SSSR count). The van der Waals surface area contributed by atoms with Crippen LogP contribution in [0.15, 0.2) is 42.5 Å². The fourth-order valence-electron chi connectivity index (χ4n) is 3.70. The maximum atomic E-state index is 12.7. The molecule has 0 bridgehead atoms. The summed E-state index contributed by atoms with van der Waals surface area (Å²) in [6.45, 7) is 4.72. The van der Waals surface area contributed by atoms with Gasteiger partial charge in [-0.1, -0.05) is 29.8 Å². The van der Waals surface area contributed by atoms with Gasteiger partial charge in [-0.05, 0) is 43.5 Å². The van der Waals surface area contributed by atoms with Gasteiger partial charge in [0, 0.05) is 31.2 Å². The smallest absolute Gasteiger partial charge is 0.343 e. The van der Waals surface area contributed by atoms with Crippen molar-refractivity contribution in [3.63, 3.8) is 0 Å². The number of rotatable bonds is 8. The van der Waals surface area contributed by atoms with E-state index in [1.54, 1.807) is 18.2 Å². The third-order valence-electron chi connectivity index (χ3n) is 5.41. The highest BCUT2D eigenvalue weighted by Gasteiger charge is 2.22. The van der Waals surface area contributed by atoms with E-state index in [1.807, 2.05) is 0 Å². The fraction of sp³-hybridized carbons (Fsp3) is 0.417.